The third-order valence-electron chi connectivity index (χ3n) is 2.35. The summed E-state index contributed by atoms with van der Waals surface area (Å²) in [5.41, 5.74) is 2.32. The second-order valence-corrected chi connectivity index (χ2v) is 3.19. The molecule has 2 rings (SSSR count). The van der Waals surface area contributed by atoms with Crippen LogP contribution in [0.2, 0.25) is 0 Å². The molecule has 0 fully saturated rings. The minimum absolute atomic E-state index is 0.882. The molecule has 0 radical (unpaired) electrons. The molecular weight excluding hydrogens is 174 g/mol. The van der Waals surface area contributed by atoms with Crippen molar-refractivity contribution >= 4 is 10.9 Å². The number of methoxy groups -OCH3 is 1. The molecule has 2 aromatic rings. The number of benzene rings is 1. The van der Waals surface area contributed by atoms with E-state index >= 15 is 0 Å². The van der Waals surface area contributed by atoms with Crippen LogP contribution in [0.5, 0.6) is 5.75 Å². The Morgan fingerprint density at radius 1 is 1.50 bits per heavy atom. The second-order valence-electron chi connectivity index (χ2n) is 3.19. The van der Waals surface area contributed by atoms with E-state index in [2.05, 4.69) is 17.6 Å². The van der Waals surface area contributed by atoms with E-state index in [0.29, 0.717) is 0 Å². The normalized spacial score (nSPS) is 10.4. The van der Waals surface area contributed by atoms with Crippen LogP contribution in [0.25, 0.3) is 10.9 Å². The van der Waals surface area contributed by atoms with E-state index < -0.39 is 0 Å². The number of aromatic nitrogens is 1. The van der Waals surface area contributed by atoms with Crippen LogP contribution in [-0.2, 0) is 6.42 Å². The summed E-state index contributed by atoms with van der Waals surface area (Å²) in [4.78, 5) is 3.22. The first-order valence-electron chi connectivity index (χ1n) is 4.60. The summed E-state index contributed by atoms with van der Waals surface area (Å²) in [7, 11) is 1.68. The molecule has 14 heavy (non-hydrogen) atoms. The van der Waals surface area contributed by atoms with Gasteiger partial charge in [-0.25, -0.2) is 0 Å². The number of H-pyrrole nitrogens is 1. The van der Waals surface area contributed by atoms with Gasteiger partial charge in [-0.3, -0.25) is 0 Å². The fraction of sp³-hybridized carbons (Fsp3) is 0.167. The van der Waals surface area contributed by atoms with Crippen LogP contribution in [-0.4, -0.2) is 12.1 Å². The number of nitrogens with one attached hydrogen (secondary N) is 1. The van der Waals surface area contributed by atoms with E-state index in [0.717, 1.165) is 17.7 Å². The predicted octanol–water partition coefficient (Wildman–Crippen LogP) is 2.91. The van der Waals surface area contributed by atoms with E-state index in [9.17, 15) is 0 Å². The third kappa shape index (κ3) is 1.29. The number of hydrogen-bond acceptors (Lipinski definition) is 1. The minimum atomic E-state index is 0.882. The maximum Gasteiger partial charge on any atom is 0.142 e. The molecule has 1 heterocycles. The zero-order chi connectivity index (χ0) is 9.97. The highest BCUT2D eigenvalue weighted by Gasteiger charge is 2.05. The molecule has 0 atom stereocenters. The maximum atomic E-state index is 5.26. The lowest BCUT2D eigenvalue weighted by atomic mass is 10.1. The zero-order valence-electron chi connectivity index (χ0n) is 8.21. The van der Waals surface area contributed by atoms with Crippen molar-refractivity contribution in [2.24, 2.45) is 0 Å². The van der Waals surface area contributed by atoms with Crippen LogP contribution in [0.4, 0.5) is 0 Å². The molecule has 0 aliphatic heterocycles. The first-order valence-corrected chi connectivity index (χ1v) is 4.60. The Labute approximate surface area is 83.2 Å². The average molecular weight is 187 g/mol. The summed E-state index contributed by atoms with van der Waals surface area (Å²) < 4.78 is 5.26. The van der Waals surface area contributed by atoms with Crippen molar-refractivity contribution in [2.45, 2.75) is 6.42 Å². The summed E-state index contributed by atoms with van der Waals surface area (Å²) in [6, 6.07) is 6.05. The van der Waals surface area contributed by atoms with E-state index in [4.69, 9.17) is 4.74 Å². The van der Waals surface area contributed by atoms with Crippen molar-refractivity contribution in [1.82, 2.24) is 4.98 Å². The average Bonchev–Trinajstić information content (AvgIpc) is 2.62. The molecule has 0 saturated heterocycles. The van der Waals surface area contributed by atoms with Gasteiger partial charge in [-0.15, -0.1) is 6.58 Å². The van der Waals surface area contributed by atoms with Gasteiger partial charge in [-0.05, 0) is 18.1 Å². The quantitative estimate of drug-likeness (QED) is 0.734. The molecule has 1 aromatic carbocycles. The third-order valence-corrected chi connectivity index (χ3v) is 2.35. The van der Waals surface area contributed by atoms with Crippen molar-refractivity contribution in [3.05, 3.63) is 42.6 Å². The summed E-state index contributed by atoms with van der Waals surface area (Å²) in [6.45, 7) is 3.74. The topological polar surface area (TPSA) is 25.0 Å². The highest BCUT2D eigenvalue weighted by atomic mass is 16.5. The molecule has 0 unspecified atom stereocenters. The Kier molecular flexibility index (Phi) is 2.27. The molecule has 2 heteroatoms. The van der Waals surface area contributed by atoms with Gasteiger partial charge in [-0.2, -0.15) is 0 Å². The van der Waals surface area contributed by atoms with Gasteiger partial charge in [0.1, 0.15) is 5.75 Å². The van der Waals surface area contributed by atoms with Gasteiger partial charge in [0.25, 0.3) is 0 Å². The standard InChI is InChI=1S/C12H13NO/c1-3-5-9-8-13-12-10(9)6-4-7-11(12)14-2/h3-4,6-8,13H,1,5H2,2H3. The van der Waals surface area contributed by atoms with Crippen LogP contribution in [0.1, 0.15) is 5.56 Å². The van der Waals surface area contributed by atoms with Crippen LogP contribution >= 0.6 is 0 Å². The molecule has 0 amide bonds. The highest BCUT2D eigenvalue weighted by molar-refractivity contribution is 5.88. The number of rotatable bonds is 3. The minimum Gasteiger partial charge on any atom is -0.495 e. The molecule has 0 spiro atoms. The van der Waals surface area contributed by atoms with E-state index in [1.54, 1.807) is 7.11 Å². The number of aromatic amines is 1. The summed E-state index contributed by atoms with van der Waals surface area (Å²) in [5, 5.41) is 1.21. The maximum absolute atomic E-state index is 5.26. The van der Waals surface area contributed by atoms with Gasteiger partial charge < -0.3 is 9.72 Å². The summed E-state index contributed by atoms with van der Waals surface area (Å²) >= 11 is 0. The van der Waals surface area contributed by atoms with Gasteiger partial charge in [0.15, 0.2) is 0 Å². The Hall–Kier alpha value is -1.70. The van der Waals surface area contributed by atoms with Crippen molar-refractivity contribution in [2.75, 3.05) is 7.11 Å². The molecule has 1 N–H and O–H groups in total. The van der Waals surface area contributed by atoms with E-state index in [1.165, 1.54) is 10.9 Å². The van der Waals surface area contributed by atoms with Crippen molar-refractivity contribution in [3.8, 4) is 5.75 Å². The van der Waals surface area contributed by atoms with E-state index in [-0.39, 0.29) is 0 Å². The lowest BCUT2D eigenvalue weighted by Gasteiger charge is -2.00. The van der Waals surface area contributed by atoms with Gasteiger partial charge in [0.2, 0.25) is 0 Å². The number of para-hydroxylation sites is 1. The number of hydrogen-bond donors (Lipinski definition) is 1. The Balaban J connectivity index is 2.63. The molecule has 0 bridgehead atoms. The number of fused-ring (bicyclic) bond motifs is 1. The monoisotopic (exact) mass is 187 g/mol. The first kappa shape index (κ1) is 8.88. The SMILES string of the molecule is C=CCc1c[nH]c2c(OC)cccc12. The Bertz CT molecular complexity index is 456. The predicted molar refractivity (Wildman–Crippen MR) is 58.8 cm³/mol. The van der Waals surface area contributed by atoms with Crippen molar-refractivity contribution in [3.63, 3.8) is 0 Å². The second kappa shape index (κ2) is 3.58. The van der Waals surface area contributed by atoms with Gasteiger partial charge in [0.05, 0.1) is 12.6 Å². The van der Waals surface area contributed by atoms with Crippen LogP contribution in [0.15, 0.2) is 37.1 Å². The molecular formula is C12H13NO. The Morgan fingerprint density at radius 3 is 3.07 bits per heavy atom. The Morgan fingerprint density at radius 2 is 2.36 bits per heavy atom. The molecule has 0 saturated carbocycles. The van der Waals surface area contributed by atoms with Crippen molar-refractivity contribution < 1.29 is 4.74 Å². The largest absolute Gasteiger partial charge is 0.495 e. The molecule has 0 aliphatic carbocycles. The molecule has 2 nitrogen and oxygen atoms in total. The van der Waals surface area contributed by atoms with Crippen molar-refractivity contribution in [1.29, 1.82) is 0 Å². The lowest BCUT2D eigenvalue weighted by molar-refractivity contribution is 0.419. The van der Waals surface area contributed by atoms with E-state index in [1.807, 2.05) is 24.4 Å². The fourth-order valence-electron chi connectivity index (χ4n) is 1.68. The van der Waals surface area contributed by atoms with Crippen LogP contribution in [0, 0.1) is 0 Å². The number of ether oxygens (including phenoxy) is 1. The van der Waals surface area contributed by atoms with Crippen LogP contribution in [0.3, 0.4) is 0 Å². The van der Waals surface area contributed by atoms with Crippen LogP contribution < -0.4 is 4.74 Å². The lowest BCUT2D eigenvalue weighted by Crippen LogP contribution is -1.83. The molecule has 1 aromatic heterocycles. The van der Waals surface area contributed by atoms with Gasteiger partial charge in [0, 0.05) is 11.6 Å². The first-order chi connectivity index (χ1) is 6.86. The summed E-state index contributed by atoms with van der Waals surface area (Å²) in [6.07, 6.45) is 4.80. The number of allylic oxidation sites excluding steroid dienone is 1. The highest BCUT2D eigenvalue weighted by Crippen LogP contribution is 2.27. The fourth-order valence-corrected chi connectivity index (χ4v) is 1.68. The smallest absolute Gasteiger partial charge is 0.142 e. The summed E-state index contributed by atoms with van der Waals surface area (Å²) in [5.74, 6) is 0.887. The molecule has 0 aliphatic rings. The van der Waals surface area contributed by atoms with Gasteiger partial charge >= 0.3 is 0 Å². The zero-order valence-corrected chi connectivity index (χ0v) is 8.21. The van der Waals surface area contributed by atoms with Gasteiger partial charge in [-0.1, -0.05) is 18.2 Å². The molecule has 72 valence electrons.